The molecule has 0 radical (unpaired) electrons. The van der Waals surface area contributed by atoms with Gasteiger partial charge >= 0.3 is 0 Å². The van der Waals surface area contributed by atoms with Gasteiger partial charge in [-0.2, -0.15) is 0 Å². The Labute approximate surface area is 127 Å². The van der Waals surface area contributed by atoms with E-state index in [1.165, 1.54) is 0 Å². The third-order valence-corrected chi connectivity index (χ3v) is 3.59. The second-order valence-corrected chi connectivity index (χ2v) is 5.37. The van der Waals surface area contributed by atoms with Crippen molar-refractivity contribution < 1.29 is 9.47 Å². The Morgan fingerprint density at radius 3 is 3.05 bits per heavy atom. The monoisotopic (exact) mass is 308 g/mol. The highest BCUT2D eigenvalue weighted by Crippen LogP contribution is 2.39. The van der Waals surface area contributed by atoms with Gasteiger partial charge in [-0.05, 0) is 43.5 Å². The van der Waals surface area contributed by atoms with Crippen LogP contribution < -0.4 is 15.2 Å². The van der Waals surface area contributed by atoms with E-state index in [2.05, 4.69) is 10.3 Å². The molecule has 1 aliphatic heterocycles. The number of halogens is 1. The molecule has 0 aliphatic carbocycles. The lowest BCUT2D eigenvalue weighted by Crippen LogP contribution is -2.00. The Bertz CT molecular complexity index is 629. The van der Waals surface area contributed by atoms with E-state index in [9.17, 15) is 0 Å². The number of rotatable bonds is 6. The number of benzene rings is 1. The van der Waals surface area contributed by atoms with Crippen LogP contribution in [0.4, 0.5) is 0 Å². The largest absolute Gasteiger partial charge is 0.454 e. The number of unbranched alkanes of at least 4 members (excludes halogenated alkanes) is 1. The molecule has 1 aliphatic rings. The molecule has 2 heterocycles. The van der Waals surface area contributed by atoms with E-state index in [0.29, 0.717) is 29.6 Å². The zero-order valence-corrected chi connectivity index (χ0v) is 12.3. The molecule has 0 saturated heterocycles. The van der Waals surface area contributed by atoms with E-state index >= 15 is 0 Å². The highest BCUT2D eigenvalue weighted by Gasteiger charge is 2.18. The Kier molecular flexibility index (Phi) is 4.26. The summed E-state index contributed by atoms with van der Waals surface area (Å²) in [6.45, 7) is 1.53. The van der Waals surface area contributed by atoms with Gasteiger partial charge in [0.05, 0.1) is 17.3 Å². The summed E-state index contributed by atoms with van der Waals surface area (Å²) in [5.41, 5.74) is 7.47. The van der Waals surface area contributed by atoms with Gasteiger partial charge in [-0.3, -0.25) is 0 Å². The molecule has 0 amide bonds. The van der Waals surface area contributed by atoms with Crippen LogP contribution in [0.2, 0.25) is 5.02 Å². The minimum atomic E-state index is 0.215. The zero-order valence-electron chi connectivity index (χ0n) is 11.6. The second kappa shape index (κ2) is 6.32. The van der Waals surface area contributed by atoms with Crippen LogP contribution in [0, 0.1) is 0 Å². The van der Waals surface area contributed by atoms with Gasteiger partial charge in [-0.25, -0.2) is 4.68 Å². The van der Waals surface area contributed by atoms with Crippen molar-refractivity contribution in [2.45, 2.75) is 25.8 Å². The van der Waals surface area contributed by atoms with Gasteiger partial charge < -0.3 is 15.2 Å². The number of hydrogen-bond acceptors (Lipinski definition) is 5. The minimum absolute atomic E-state index is 0.215. The molecule has 112 valence electrons. The van der Waals surface area contributed by atoms with E-state index in [0.717, 1.165) is 30.5 Å². The minimum Gasteiger partial charge on any atom is -0.454 e. The molecule has 1 aromatic heterocycles. The number of nitrogens with zero attached hydrogens (tertiary/aromatic N) is 3. The fourth-order valence-corrected chi connectivity index (χ4v) is 2.57. The normalized spacial score (nSPS) is 12.9. The second-order valence-electron chi connectivity index (χ2n) is 4.96. The van der Waals surface area contributed by atoms with Crippen molar-refractivity contribution in [1.82, 2.24) is 15.0 Å². The molecule has 0 bridgehead atoms. The van der Waals surface area contributed by atoms with E-state index < -0.39 is 0 Å². The van der Waals surface area contributed by atoms with Gasteiger partial charge in [0, 0.05) is 6.20 Å². The van der Waals surface area contributed by atoms with Crippen molar-refractivity contribution in [3.63, 3.8) is 0 Å². The average Bonchev–Trinajstić information content (AvgIpc) is 3.09. The maximum atomic E-state index is 6.17. The first-order valence-corrected chi connectivity index (χ1v) is 7.31. The summed E-state index contributed by atoms with van der Waals surface area (Å²) in [6.07, 6.45) is 4.89. The molecule has 0 saturated carbocycles. The third kappa shape index (κ3) is 3.28. The first-order valence-electron chi connectivity index (χ1n) is 6.93. The van der Waals surface area contributed by atoms with Crippen molar-refractivity contribution in [3.8, 4) is 11.5 Å². The molecule has 7 heteroatoms. The molecule has 0 unspecified atom stereocenters. The van der Waals surface area contributed by atoms with Crippen molar-refractivity contribution in [2.24, 2.45) is 5.73 Å². The number of aryl methyl sites for hydroxylation is 1. The maximum absolute atomic E-state index is 6.17. The van der Waals surface area contributed by atoms with Crippen molar-refractivity contribution in [1.29, 1.82) is 0 Å². The third-order valence-electron chi connectivity index (χ3n) is 3.30. The van der Waals surface area contributed by atoms with Gasteiger partial charge in [-0.1, -0.05) is 16.8 Å². The zero-order chi connectivity index (χ0) is 14.7. The number of aromatic nitrogens is 3. The summed E-state index contributed by atoms with van der Waals surface area (Å²) < 4.78 is 12.5. The lowest BCUT2D eigenvalue weighted by Gasteiger charge is -2.04. The van der Waals surface area contributed by atoms with Gasteiger partial charge in [0.15, 0.2) is 11.5 Å². The lowest BCUT2D eigenvalue weighted by atomic mass is 10.2. The van der Waals surface area contributed by atoms with E-state index in [1.807, 2.05) is 18.3 Å². The van der Waals surface area contributed by atoms with Crippen LogP contribution in [-0.4, -0.2) is 28.3 Å². The first-order chi connectivity index (χ1) is 10.3. The number of ether oxygens (including phenoxy) is 2. The summed E-state index contributed by atoms with van der Waals surface area (Å²) >= 11 is 6.17. The summed E-state index contributed by atoms with van der Waals surface area (Å²) in [6, 6.07) is 3.79. The maximum Gasteiger partial charge on any atom is 0.231 e. The van der Waals surface area contributed by atoms with Crippen LogP contribution in [-0.2, 0) is 13.0 Å². The van der Waals surface area contributed by atoms with Crippen LogP contribution in [0.15, 0.2) is 18.3 Å². The van der Waals surface area contributed by atoms with Crippen LogP contribution in [0.3, 0.4) is 0 Å². The summed E-state index contributed by atoms with van der Waals surface area (Å²) in [7, 11) is 0. The molecular formula is C14H17ClN4O2. The van der Waals surface area contributed by atoms with Gasteiger partial charge in [0.25, 0.3) is 0 Å². The quantitative estimate of drug-likeness (QED) is 0.826. The predicted molar refractivity (Wildman–Crippen MR) is 78.7 cm³/mol. The summed E-state index contributed by atoms with van der Waals surface area (Å²) in [5.74, 6) is 1.29. The van der Waals surface area contributed by atoms with Gasteiger partial charge in [-0.15, -0.1) is 5.10 Å². The Morgan fingerprint density at radius 1 is 1.29 bits per heavy atom. The highest BCUT2D eigenvalue weighted by atomic mass is 35.5. The molecule has 0 spiro atoms. The standard InChI is InChI=1S/C14H17ClN4O2/c15-12-5-10(6-13-14(12)21-9-20-13)7-19-8-11(17-18-19)3-1-2-4-16/h5-6,8H,1-4,7,9,16H2. The summed E-state index contributed by atoms with van der Waals surface area (Å²) in [5, 5.41) is 8.85. The van der Waals surface area contributed by atoms with E-state index in [1.54, 1.807) is 4.68 Å². The van der Waals surface area contributed by atoms with Crippen molar-refractivity contribution >= 4 is 11.6 Å². The number of nitrogens with two attached hydrogens (primary N) is 1. The molecule has 0 atom stereocenters. The van der Waals surface area contributed by atoms with Crippen LogP contribution >= 0.6 is 11.6 Å². The topological polar surface area (TPSA) is 75.2 Å². The predicted octanol–water partition coefficient (Wildman–Crippen LogP) is 1.99. The Morgan fingerprint density at radius 2 is 2.19 bits per heavy atom. The smallest absolute Gasteiger partial charge is 0.231 e. The van der Waals surface area contributed by atoms with Crippen LogP contribution in [0.1, 0.15) is 24.1 Å². The Hall–Kier alpha value is -1.79. The molecule has 2 aromatic rings. The molecule has 2 N–H and O–H groups in total. The Balaban J connectivity index is 1.68. The number of hydrogen-bond donors (Lipinski definition) is 1. The molecule has 3 rings (SSSR count). The summed E-state index contributed by atoms with van der Waals surface area (Å²) in [4.78, 5) is 0. The van der Waals surface area contributed by atoms with E-state index in [4.69, 9.17) is 26.8 Å². The molecular weight excluding hydrogens is 292 g/mol. The molecule has 21 heavy (non-hydrogen) atoms. The van der Waals surface area contributed by atoms with Crippen LogP contribution in [0.5, 0.6) is 11.5 Å². The molecule has 1 aromatic carbocycles. The average molecular weight is 309 g/mol. The fraction of sp³-hybridized carbons (Fsp3) is 0.429. The van der Waals surface area contributed by atoms with Gasteiger partial charge in [0.1, 0.15) is 0 Å². The molecule has 6 nitrogen and oxygen atoms in total. The number of fused-ring (bicyclic) bond motifs is 1. The van der Waals surface area contributed by atoms with E-state index in [-0.39, 0.29) is 6.79 Å². The van der Waals surface area contributed by atoms with Crippen molar-refractivity contribution in [2.75, 3.05) is 13.3 Å². The van der Waals surface area contributed by atoms with Crippen molar-refractivity contribution in [3.05, 3.63) is 34.6 Å². The SMILES string of the molecule is NCCCCc1cn(Cc2cc(Cl)c3c(c2)OCO3)nn1. The highest BCUT2D eigenvalue weighted by molar-refractivity contribution is 6.32. The lowest BCUT2D eigenvalue weighted by molar-refractivity contribution is 0.174. The molecule has 0 fully saturated rings. The van der Waals surface area contributed by atoms with Crippen LogP contribution in [0.25, 0.3) is 0 Å². The van der Waals surface area contributed by atoms with Gasteiger partial charge in [0.2, 0.25) is 6.79 Å². The fourth-order valence-electron chi connectivity index (χ4n) is 2.28. The first kappa shape index (κ1) is 14.2.